The molecule has 0 radical (unpaired) electrons. The van der Waals surface area contributed by atoms with Gasteiger partial charge in [0.15, 0.2) is 5.78 Å². The quantitative estimate of drug-likeness (QED) is 0.876. The molecule has 0 aliphatic carbocycles. The highest BCUT2D eigenvalue weighted by molar-refractivity contribution is 8.14. The standard InChI is InChI=1S/C15H14N2O4S/c1-2-17-14(19)11(8-16-17)15(20)22-9-3-4-13-10(7-9)12(18)5-6-21-13/h3-4,7-8,19H,2,5-6H2,1H3. The number of thioether (sulfide) groups is 1. The van der Waals surface area contributed by atoms with Crippen LogP contribution in [0.1, 0.15) is 34.1 Å². The molecule has 2 aromatic rings. The summed E-state index contributed by atoms with van der Waals surface area (Å²) in [7, 11) is 0. The van der Waals surface area contributed by atoms with Crippen molar-refractivity contribution >= 4 is 22.7 Å². The first-order valence-electron chi connectivity index (χ1n) is 6.87. The summed E-state index contributed by atoms with van der Waals surface area (Å²) in [5, 5.41) is 13.5. The molecular weight excluding hydrogens is 304 g/mol. The molecule has 0 fully saturated rings. The molecule has 1 aliphatic rings. The number of fused-ring (bicyclic) bond motifs is 1. The lowest BCUT2D eigenvalue weighted by Gasteiger charge is -2.16. The SMILES string of the molecule is CCn1ncc(C(=O)Sc2ccc3c(c2)C(=O)CCO3)c1O. The molecule has 0 saturated carbocycles. The van der Waals surface area contributed by atoms with Gasteiger partial charge in [-0.1, -0.05) is 0 Å². The molecule has 0 saturated heterocycles. The van der Waals surface area contributed by atoms with Crippen molar-refractivity contribution in [1.82, 2.24) is 9.78 Å². The van der Waals surface area contributed by atoms with Gasteiger partial charge < -0.3 is 9.84 Å². The molecule has 6 nitrogen and oxygen atoms in total. The van der Waals surface area contributed by atoms with E-state index in [1.54, 1.807) is 18.2 Å². The average Bonchev–Trinajstić information content (AvgIpc) is 2.89. The Kier molecular flexibility index (Phi) is 3.89. The van der Waals surface area contributed by atoms with E-state index in [1.807, 2.05) is 6.92 Å². The third kappa shape index (κ3) is 2.59. The summed E-state index contributed by atoms with van der Waals surface area (Å²) in [6.45, 7) is 2.69. The molecule has 0 atom stereocenters. The summed E-state index contributed by atoms with van der Waals surface area (Å²) in [5.41, 5.74) is 0.657. The smallest absolute Gasteiger partial charge is 0.231 e. The van der Waals surface area contributed by atoms with Crippen LogP contribution in [0.2, 0.25) is 0 Å². The van der Waals surface area contributed by atoms with Gasteiger partial charge in [-0.3, -0.25) is 9.59 Å². The Morgan fingerprint density at radius 3 is 3.05 bits per heavy atom. The van der Waals surface area contributed by atoms with E-state index in [0.29, 0.717) is 35.8 Å². The van der Waals surface area contributed by atoms with E-state index in [1.165, 1.54) is 10.9 Å². The van der Waals surface area contributed by atoms with Gasteiger partial charge in [0.05, 0.1) is 18.4 Å². The second kappa shape index (κ2) is 5.84. The fourth-order valence-electron chi connectivity index (χ4n) is 2.22. The maximum Gasteiger partial charge on any atom is 0.231 e. The van der Waals surface area contributed by atoms with Crippen LogP contribution >= 0.6 is 11.8 Å². The van der Waals surface area contributed by atoms with Gasteiger partial charge in [-0.05, 0) is 36.9 Å². The lowest BCUT2D eigenvalue weighted by Crippen LogP contribution is -2.15. The van der Waals surface area contributed by atoms with E-state index in [2.05, 4.69) is 5.10 Å². The van der Waals surface area contributed by atoms with Gasteiger partial charge in [0, 0.05) is 17.9 Å². The Morgan fingerprint density at radius 1 is 1.50 bits per heavy atom. The van der Waals surface area contributed by atoms with Gasteiger partial charge in [-0.15, -0.1) is 0 Å². The van der Waals surface area contributed by atoms with E-state index >= 15 is 0 Å². The van der Waals surface area contributed by atoms with Crippen molar-refractivity contribution in [3.63, 3.8) is 0 Å². The first-order valence-corrected chi connectivity index (χ1v) is 7.68. The van der Waals surface area contributed by atoms with Crippen molar-refractivity contribution in [3.8, 4) is 11.6 Å². The molecule has 7 heteroatoms. The van der Waals surface area contributed by atoms with Crippen LogP contribution in [0.15, 0.2) is 29.3 Å². The molecular formula is C15H14N2O4S. The highest BCUT2D eigenvalue weighted by Gasteiger charge is 2.21. The number of nitrogens with zero attached hydrogens (tertiary/aromatic N) is 2. The fraction of sp³-hybridized carbons (Fsp3) is 0.267. The maximum absolute atomic E-state index is 12.2. The van der Waals surface area contributed by atoms with Gasteiger partial charge in [-0.25, -0.2) is 4.68 Å². The largest absolute Gasteiger partial charge is 0.493 e. The zero-order chi connectivity index (χ0) is 15.7. The zero-order valence-corrected chi connectivity index (χ0v) is 12.7. The minimum absolute atomic E-state index is 0.0119. The van der Waals surface area contributed by atoms with Gasteiger partial charge in [-0.2, -0.15) is 5.10 Å². The van der Waals surface area contributed by atoms with Gasteiger partial charge >= 0.3 is 0 Å². The van der Waals surface area contributed by atoms with Gasteiger partial charge in [0.1, 0.15) is 11.3 Å². The number of aryl methyl sites for hydroxylation is 1. The molecule has 22 heavy (non-hydrogen) atoms. The van der Waals surface area contributed by atoms with E-state index in [-0.39, 0.29) is 22.3 Å². The fourth-order valence-corrected chi connectivity index (χ4v) is 3.00. The Bertz CT molecular complexity index is 754. The maximum atomic E-state index is 12.2. The predicted octanol–water partition coefficient (Wildman–Crippen LogP) is 2.51. The molecule has 1 N–H and O–H groups in total. The number of carbonyl (C=O) groups excluding carboxylic acids is 2. The van der Waals surface area contributed by atoms with Crippen molar-refractivity contribution in [2.75, 3.05) is 6.61 Å². The number of ketones is 1. The minimum atomic E-state index is -0.318. The van der Waals surface area contributed by atoms with Crippen LogP contribution in [0, 0.1) is 0 Å². The Hall–Kier alpha value is -2.28. The molecule has 0 bridgehead atoms. The predicted molar refractivity (Wildman–Crippen MR) is 80.6 cm³/mol. The van der Waals surface area contributed by atoms with Crippen LogP contribution < -0.4 is 4.74 Å². The van der Waals surface area contributed by atoms with Crippen molar-refractivity contribution in [2.24, 2.45) is 0 Å². The van der Waals surface area contributed by atoms with Gasteiger partial charge in [0.2, 0.25) is 11.0 Å². The summed E-state index contributed by atoms with van der Waals surface area (Å²) >= 11 is 0.950. The molecule has 2 heterocycles. The molecule has 0 spiro atoms. The normalized spacial score (nSPS) is 13.6. The number of rotatable bonds is 3. The van der Waals surface area contributed by atoms with E-state index in [9.17, 15) is 14.7 Å². The Labute approximate surface area is 131 Å². The molecule has 1 aliphatic heterocycles. The molecule has 0 unspecified atom stereocenters. The van der Waals surface area contributed by atoms with Crippen LogP contribution in [0.5, 0.6) is 11.6 Å². The lowest BCUT2D eigenvalue weighted by molar-refractivity contribution is 0.0932. The van der Waals surface area contributed by atoms with Crippen LogP contribution in [-0.4, -0.2) is 32.4 Å². The third-order valence-electron chi connectivity index (χ3n) is 3.38. The summed E-state index contributed by atoms with van der Waals surface area (Å²) in [5.74, 6) is 0.421. The van der Waals surface area contributed by atoms with E-state index in [0.717, 1.165) is 11.8 Å². The van der Waals surface area contributed by atoms with Crippen LogP contribution in [0.4, 0.5) is 0 Å². The Balaban J connectivity index is 1.84. The van der Waals surface area contributed by atoms with Crippen molar-refractivity contribution in [1.29, 1.82) is 0 Å². The summed E-state index contributed by atoms with van der Waals surface area (Å²) in [6.07, 6.45) is 1.69. The van der Waals surface area contributed by atoms with E-state index < -0.39 is 0 Å². The lowest BCUT2D eigenvalue weighted by atomic mass is 10.1. The molecule has 0 amide bonds. The van der Waals surface area contributed by atoms with Crippen molar-refractivity contribution in [2.45, 2.75) is 24.8 Å². The first-order chi connectivity index (χ1) is 10.6. The minimum Gasteiger partial charge on any atom is -0.493 e. The number of Topliss-reactive ketones (excluding diaryl/α,β-unsaturated/α-hetero) is 1. The monoisotopic (exact) mass is 318 g/mol. The number of ether oxygens (including phenoxy) is 1. The molecule has 114 valence electrons. The summed E-state index contributed by atoms with van der Waals surface area (Å²) < 4.78 is 6.75. The number of hydrogen-bond donors (Lipinski definition) is 1. The number of hydrogen-bond acceptors (Lipinski definition) is 6. The summed E-state index contributed by atoms with van der Waals surface area (Å²) in [6, 6.07) is 5.07. The molecule has 3 rings (SSSR count). The highest BCUT2D eigenvalue weighted by atomic mass is 32.2. The number of aromatic hydroxyl groups is 1. The zero-order valence-electron chi connectivity index (χ0n) is 11.9. The first kappa shape index (κ1) is 14.6. The third-order valence-corrected chi connectivity index (χ3v) is 4.27. The number of benzene rings is 1. The van der Waals surface area contributed by atoms with E-state index in [4.69, 9.17) is 4.74 Å². The van der Waals surface area contributed by atoms with Gasteiger partial charge in [0.25, 0.3) is 0 Å². The van der Waals surface area contributed by atoms with Crippen LogP contribution in [0.25, 0.3) is 0 Å². The van der Waals surface area contributed by atoms with Crippen LogP contribution in [0.3, 0.4) is 0 Å². The topological polar surface area (TPSA) is 81.4 Å². The Morgan fingerprint density at radius 2 is 2.32 bits per heavy atom. The average molecular weight is 318 g/mol. The van der Waals surface area contributed by atoms with Crippen LogP contribution in [-0.2, 0) is 6.54 Å². The molecule has 1 aromatic heterocycles. The summed E-state index contributed by atoms with van der Waals surface area (Å²) in [4.78, 5) is 24.7. The van der Waals surface area contributed by atoms with Crippen molar-refractivity contribution in [3.05, 3.63) is 35.5 Å². The second-order valence-corrected chi connectivity index (χ2v) is 5.81. The second-order valence-electron chi connectivity index (χ2n) is 4.77. The number of carbonyl (C=O) groups is 2. The van der Waals surface area contributed by atoms with Crippen molar-refractivity contribution < 1.29 is 19.4 Å². The molecule has 1 aromatic carbocycles. The highest BCUT2D eigenvalue weighted by Crippen LogP contribution is 2.32. The number of aromatic nitrogens is 2.